The number of hydrogen-bond donors (Lipinski definition) is 2. The summed E-state index contributed by atoms with van der Waals surface area (Å²) in [5.41, 5.74) is 8.36. The fourth-order valence-electron chi connectivity index (χ4n) is 4.07. The minimum atomic E-state index is -2.90. The standard InChI is InChI=1S/C22H25F2N5OS/c1-22(10-3-4-11-22)27-19(25)14-8-9-18-17(12-14)20(31(2)26)28-29(18)15-6-5-7-16(13-15)30-21(23)24/h5-9,12-13,21,26H,3-4,10-11H2,1-2H3,(H2,25,27). The summed E-state index contributed by atoms with van der Waals surface area (Å²) in [5, 5.41) is 6.02. The number of rotatable bonds is 6. The van der Waals surface area contributed by atoms with Crippen LogP contribution in [0.5, 0.6) is 5.75 Å². The van der Waals surface area contributed by atoms with Gasteiger partial charge >= 0.3 is 6.61 Å². The lowest BCUT2D eigenvalue weighted by atomic mass is 10.0. The highest BCUT2D eigenvalue weighted by Crippen LogP contribution is 2.33. The Labute approximate surface area is 182 Å². The summed E-state index contributed by atoms with van der Waals surface area (Å²) < 4.78 is 39.7. The number of ether oxygens (including phenoxy) is 1. The van der Waals surface area contributed by atoms with Gasteiger partial charge < -0.3 is 10.5 Å². The van der Waals surface area contributed by atoms with E-state index in [0.717, 1.165) is 42.1 Å². The Bertz CT molecular complexity index is 1170. The summed E-state index contributed by atoms with van der Waals surface area (Å²) >= 11 is 0. The van der Waals surface area contributed by atoms with Gasteiger partial charge in [-0.3, -0.25) is 9.77 Å². The van der Waals surface area contributed by atoms with Crippen LogP contribution in [0.2, 0.25) is 0 Å². The smallest absolute Gasteiger partial charge is 0.387 e. The maximum atomic E-state index is 12.6. The van der Waals surface area contributed by atoms with Crippen molar-refractivity contribution in [3.05, 3.63) is 48.0 Å². The Kier molecular flexibility index (Phi) is 5.79. The second-order valence-electron chi connectivity index (χ2n) is 8.04. The molecule has 1 aliphatic rings. The number of fused-ring (bicyclic) bond motifs is 1. The highest BCUT2D eigenvalue weighted by molar-refractivity contribution is 7.85. The van der Waals surface area contributed by atoms with E-state index in [2.05, 4.69) is 16.8 Å². The zero-order chi connectivity index (χ0) is 22.2. The van der Waals surface area contributed by atoms with Crippen LogP contribution >= 0.6 is 0 Å². The molecule has 6 nitrogen and oxygen atoms in total. The van der Waals surface area contributed by atoms with E-state index in [1.807, 2.05) is 18.2 Å². The Morgan fingerprint density at radius 1 is 1.26 bits per heavy atom. The van der Waals surface area contributed by atoms with Crippen molar-refractivity contribution in [1.29, 1.82) is 4.78 Å². The molecular formula is C22H25F2N5OS. The monoisotopic (exact) mass is 445 g/mol. The Balaban J connectivity index is 1.79. The number of nitrogens with one attached hydrogen (secondary N) is 1. The fraction of sp³-hybridized carbons (Fsp3) is 0.364. The number of amidine groups is 1. The first kappa shape index (κ1) is 21.4. The molecule has 0 aliphatic heterocycles. The van der Waals surface area contributed by atoms with E-state index in [1.165, 1.54) is 12.1 Å². The molecule has 1 aromatic heterocycles. The zero-order valence-corrected chi connectivity index (χ0v) is 18.3. The molecule has 1 aliphatic carbocycles. The lowest BCUT2D eigenvalue weighted by Gasteiger charge is -2.19. The van der Waals surface area contributed by atoms with Crippen LogP contribution in [0.1, 0.15) is 38.2 Å². The zero-order valence-electron chi connectivity index (χ0n) is 17.4. The molecular weight excluding hydrogens is 420 g/mol. The maximum absolute atomic E-state index is 12.6. The number of halogens is 2. The summed E-state index contributed by atoms with van der Waals surface area (Å²) in [6, 6.07) is 12.1. The molecule has 3 aromatic rings. The molecule has 1 fully saturated rings. The Morgan fingerprint density at radius 3 is 2.68 bits per heavy atom. The fourth-order valence-corrected chi connectivity index (χ4v) is 4.77. The van der Waals surface area contributed by atoms with E-state index in [4.69, 9.17) is 15.5 Å². The van der Waals surface area contributed by atoms with Crippen molar-refractivity contribution in [3.8, 4) is 11.4 Å². The SMILES string of the molecule is CS(=N)c1nn(-c2cccc(OC(F)F)c2)c2ccc(C(N)=NC3(C)CCCC3)cc12. The normalized spacial score (nSPS) is 17.4. The molecule has 9 heteroatoms. The molecule has 0 spiro atoms. The molecule has 0 amide bonds. The predicted octanol–water partition coefficient (Wildman–Crippen LogP) is 5.03. The summed E-state index contributed by atoms with van der Waals surface area (Å²) in [6.07, 6.45) is 6.15. The summed E-state index contributed by atoms with van der Waals surface area (Å²) in [5.74, 6) is 0.537. The molecule has 3 N–H and O–H groups in total. The molecule has 31 heavy (non-hydrogen) atoms. The molecule has 1 saturated carbocycles. The molecule has 4 rings (SSSR count). The van der Waals surface area contributed by atoms with E-state index in [1.54, 1.807) is 23.1 Å². The molecule has 0 saturated heterocycles. The van der Waals surface area contributed by atoms with Gasteiger partial charge in [-0.15, -0.1) is 0 Å². The third-order valence-electron chi connectivity index (χ3n) is 5.59. The minimum absolute atomic E-state index is 0.0527. The van der Waals surface area contributed by atoms with Gasteiger partial charge in [0.15, 0.2) is 0 Å². The molecule has 1 unspecified atom stereocenters. The molecule has 2 aromatic carbocycles. The van der Waals surface area contributed by atoms with Gasteiger partial charge in [0.1, 0.15) is 16.6 Å². The van der Waals surface area contributed by atoms with Crippen molar-refractivity contribution in [2.45, 2.75) is 49.8 Å². The van der Waals surface area contributed by atoms with Crippen LogP contribution in [0.4, 0.5) is 8.78 Å². The summed E-state index contributed by atoms with van der Waals surface area (Å²) in [7, 11) is -0.869. The van der Waals surface area contributed by atoms with E-state index in [0.29, 0.717) is 16.5 Å². The van der Waals surface area contributed by atoms with Gasteiger partial charge in [-0.1, -0.05) is 29.6 Å². The van der Waals surface area contributed by atoms with Crippen molar-refractivity contribution in [2.75, 3.05) is 6.26 Å². The van der Waals surface area contributed by atoms with Gasteiger partial charge in [-0.2, -0.15) is 13.9 Å². The predicted molar refractivity (Wildman–Crippen MR) is 120 cm³/mol. The van der Waals surface area contributed by atoms with Crippen molar-refractivity contribution in [3.63, 3.8) is 0 Å². The quantitative estimate of drug-likeness (QED) is 0.412. The van der Waals surface area contributed by atoms with Crippen molar-refractivity contribution < 1.29 is 13.5 Å². The lowest BCUT2D eigenvalue weighted by Crippen LogP contribution is -2.24. The Morgan fingerprint density at radius 2 is 2.00 bits per heavy atom. The number of nitrogens with zero attached hydrogens (tertiary/aromatic N) is 3. The van der Waals surface area contributed by atoms with E-state index in [-0.39, 0.29) is 11.3 Å². The third-order valence-corrected chi connectivity index (χ3v) is 6.47. The highest BCUT2D eigenvalue weighted by atomic mass is 32.2. The van der Waals surface area contributed by atoms with Crippen LogP contribution in [-0.4, -0.2) is 34.0 Å². The van der Waals surface area contributed by atoms with Gasteiger partial charge in [-0.05, 0) is 56.4 Å². The van der Waals surface area contributed by atoms with Crippen molar-refractivity contribution >= 4 is 27.4 Å². The van der Waals surface area contributed by atoms with Crippen LogP contribution in [0.3, 0.4) is 0 Å². The average molecular weight is 446 g/mol. The number of aromatic nitrogens is 2. The van der Waals surface area contributed by atoms with Crippen LogP contribution in [0.15, 0.2) is 52.5 Å². The second kappa shape index (κ2) is 8.37. The van der Waals surface area contributed by atoms with Crippen LogP contribution in [0.25, 0.3) is 16.6 Å². The van der Waals surface area contributed by atoms with E-state index >= 15 is 0 Å². The topological polar surface area (TPSA) is 89.3 Å². The third kappa shape index (κ3) is 4.46. The minimum Gasteiger partial charge on any atom is -0.435 e. The Hall–Kier alpha value is -2.81. The summed E-state index contributed by atoms with van der Waals surface area (Å²) in [6.45, 7) is -0.766. The van der Waals surface area contributed by atoms with Crippen molar-refractivity contribution in [2.24, 2.45) is 10.7 Å². The first-order chi connectivity index (χ1) is 14.8. The van der Waals surface area contributed by atoms with E-state index in [9.17, 15) is 8.78 Å². The van der Waals surface area contributed by atoms with Gasteiger partial charge in [0.25, 0.3) is 0 Å². The molecule has 164 valence electrons. The van der Waals surface area contributed by atoms with Crippen molar-refractivity contribution in [1.82, 2.24) is 9.78 Å². The van der Waals surface area contributed by atoms with E-state index < -0.39 is 17.3 Å². The number of benzene rings is 2. The van der Waals surface area contributed by atoms with Gasteiger partial charge in [-0.25, -0.2) is 4.68 Å². The van der Waals surface area contributed by atoms with Gasteiger partial charge in [0.2, 0.25) is 0 Å². The molecule has 1 heterocycles. The largest absolute Gasteiger partial charge is 0.435 e. The number of nitrogens with two attached hydrogens (primary N) is 1. The van der Waals surface area contributed by atoms with Crippen LogP contribution < -0.4 is 10.5 Å². The highest BCUT2D eigenvalue weighted by Gasteiger charge is 2.28. The number of alkyl halides is 2. The number of aliphatic imine (C=N–C) groups is 1. The maximum Gasteiger partial charge on any atom is 0.387 e. The van der Waals surface area contributed by atoms with Gasteiger partial charge in [0, 0.05) is 17.0 Å². The lowest BCUT2D eigenvalue weighted by molar-refractivity contribution is -0.0498. The average Bonchev–Trinajstić information content (AvgIpc) is 3.31. The summed E-state index contributed by atoms with van der Waals surface area (Å²) in [4.78, 5) is 4.80. The molecule has 0 radical (unpaired) electrons. The number of hydrogen-bond acceptors (Lipinski definition) is 4. The first-order valence-corrected chi connectivity index (χ1v) is 11.7. The molecule has 1 atom stereocenters. The first-order valence-electron chi connectivity index (χ1n) is 10.1. The second-order valence-corrected chi connectivity index (χ2v) is 9.44. The van der Waals surface area contributed by atoms with Gasteiger partial charge in [0.05, 0.1) is 16.7 Å². The van der Waals surface area contributed by atoms with Crippen LogP contribution in [0, 0.1) is 4.78 Å². The van der Waals surface area contributed by atoms with Crippen LogP contribution in [-0.2, 0) is 10.7 Å². The molecule has 0 bridgehead atoms.